The van der Waals surface area contributed by atoms with Crippen LogP contribution in [-0.4, -0.2) is 43.4 Å². The first-order valence-electron chi connectivity index (χ1n) is 5.01. The van der Waals surface area contributed by atoms with Crippen LogP contribution in [0.2, 0.25) is 0 Å². The van der Waals surface area contributed by atoms with Crippen LogP contribution in [0.25, 0.3) is 0 Å². The first-order valence-corrected chi connectivity index (χ1v) is 9.10. The monoisotopic (exact) mass is 361 g/mol. The van der Waals surface area contributed by atoms with E-state index in [1.807, 2.05) is 0 Å². The molecule has 1 aliphatic heterocycles. The van der Waals surface area contributed by atoms with Gasteiger partial charge in [0.1, 0.15) is 5.60 Å². The lowest BCUT2D eigenvalue weighted by molar-refractivity contribution is 0.0295. The highest BCUT2D eigenvalue weighted by Gasteiger charge is 2.35. The number of rotatable bonds is 1. The quantitative estimate of drug-likeness (QED) is 0.528. The van der Waals surface area contributed by atoms with E-state index < -0.39 is 24.0 Å². The van der Waals surface area contributed by atoms with Crippen molar-refractivity contribution in [1.29, 1.82) is 0 Å². The molecule has 0 aliphatic carbocycles. The number of amides is 1. The van der Waals surface area contributed by atoms with Crippen molar-refractivity contribution in [2.75, 3.05) is 13.1 Å². The van der Waals surface area contributed by atoms with E-state index in [0.29, 0.717) is 13.0 Å². The van der Waals surface area contributed by atoms with Gasteiger partial charge in [0.2, 0.25) is 7.01 Å². The van der Waals surface area contributed by atoms with Crippen LogP contribution in [-0.2, 0) is 11.7 Å². The minimum Gasteiger partial charge on any atom is -0.444 e. The van der Waals surface area contributed by atoms with E-state index in [1.165, 1.54) is 26.1 Å². The van der Waals surface area contributed by atoms with Crippen molar-refractivity contribution in [1.82, 2.24) is 4.90 Å². The zero-order valence-electron chi connectivity index (χ0n) is 9.57. The van der Waals surface area contributed by atoms with Crippen LogP contribution in [0.5, 0.6) is 0 Å². The molecule has 0 saturated carbocycles. The van der Waals surface area contributed by atoms with E-state index >= 15 is 0 Å². The third-order valence-electron chi connectivity index (χ3n) is 2.19. The first kappa shape index (κ1) is 14.0. The van der Waals surface area contributed by atoms with E-state index in [2.05, 4.69) is 0 Å². The Balaban J connectivity index is 2.57. The zero-order valence-corrected chi connectivity index (χ0v) is 12.5. The lowest BCUT2D eigenvalue weighted by Crippen LogP contribution is -2.36. The van der Waals surface area contributed by atoms with Crippen LogP contribution < -0.4 is 0 Å². The van der Waals surface area contributed by atoms with Gasteiger partial charge in [0.15, 0.2) is 0 Å². The lowest BCUT2D eigenvalue weighted by Gasteiger charge is -2.24. The van der Waals surface area contributed by atoms with E-state index in [0.717, 1.165) is 0 Å². The number of carbonyl (C=O) groups excluding carboxylic acids is 1. The molecular formula is C9H16INO4S. The van der Waals surface area contributed by atoms with Gasteiger partial charge in [-0.2, -0.15) is 0 Å². The maximum absolute atomic E-state index is 11.6. The molecule has 5 nitrogen and oxygen atoms in total. The van der Waals surface area contributed by atoms with Gasteiger partial charge in [0.25, 0.3) is 0 Å². The largest absolute Gasteiger partial charge is 0.444 e. The molecule has 1 saturated heterocycles. The highest BCUT2D eigenvalue weighted by atomic mass is 127. The Labute approximate surface area is 108 Å². The molecule has 1 amide bonds. The molecule has 1 atom stereocenters. The smallest absolute Gasteiger partial charge is 0.410 e. The summed E-state index contributed by atoms with van der Waals surface area (Å²) in [5, 5.41) is -0.458. The maximum atomic E-state index is 11.6. The fourth-order valence-corrected chi connectivity index (χ4v) is 3.44. The molecule has 0 aromatic carbocycles. The van der Waals surface area contributed by atoms with Crippen LogP contribution >= 0.6 is 21.2 Å². The predicted octanol–water partition coefficient (Wildman–Crippen LogP) is 1.76. The molecule has 0 N–H and O–H groups in total. The minimum absolute atomic E-state index is 0.236. The molecular weight excluding hydrogens is 345 g/mol. The Kier molecular flexibility index (Phi) is 4.09. The molecule has 0 bridgehead atoms. The highest BCUT2D eigenvalue weighted by Crippen LogP contribution is 2.23. The van der Waals surface area contributed by atoms with Gasteiger partial charge in [-0.1, -0.05) is 0 Å². The molecule has 1 rings (SSSR count). The van der Waals surface area contributed by atoms with Crippen molar-refractivity contribution >= 4 is 34.3 Å². The molecule has 1 aliphatic rings. The fraction of sp³-hybridized carbons (Fsp3) is 0.889. The van der Waals surface area contributed by atoms with Gasteiger partial charge in [-0.3, -0.25) is 0 Å². The van der Waals surface area contributed by atoms with Gasteiger partial charge in [-0.15, -0.1) is 0 Å². The van der Waals surface area contributed by atoms with E-state index in [4.69, 9.17) is 4.74 Å². The summed E-state index contributed by atoms with van der Waals surface area (Å²) in [4.78, 5) is 13.1. The van der Waals surface area contributed by atoms with Gasteiger partial charge < -0.3 is 9.64 Å². The molecule has 0 radical (unpaired) electrons. The Hall–Kier alpha value is -0.0500. The van der Waals surface area contributed by atoms with Crippen LogP contribution in [0.15, 0.2) is 0 Å². The van der Waals surface area contributed by atoms with Crippen LogP contribution in [0.4, 0.5) is 4.79 Å². The number of carbonyl (C=O) groups is 1. The predicted molar refractivity (Wildman–Crippen MR) is 69.2 cm³/mol. The Bertz CT molecular complexity index is 373. The van der Waals surface area contributed by atoms with E-state index in [1.54, 1.807) is 20.8 Å². The molecule has 0 aromatic heterocycles. The van der Waals surface area contributed by atoms with Gasteiger partial charge in [0, 0.05) is 13.1 Å². The summed E-state index contributed by atoms with van der Waals surface area (Å²) in [7, 11) is -3.09. The number of ether oxygens (including phenoxy) is 1. The second kappa shape index (κ2) is 4.67. The van der Waals surface area contributed by atoms with Crippen molar-refractivity contribution < 1.29 is 17.9 Å². The number of hydrogen-bond donors (Lipinski definition) is 0. The van der Waals surface area contributed by atoms with E-state index in [-0.39, 0.29) is 6.54 Å². The SMILES string of the molecule is CC(C)(C)OC(=O)N1CCC(S(=O)(=O)I)C1. The number of likely N-dealkylation sites (tertiary alicyclic amines) is 1. The molecule has 1 fully saturated rings. The summed E-state index contributed by atoms with van der Waals surface area (Å²) >= 11 is 1.43. The van der Waals surface area contributed by atoms with Crippen LogP contribution in [0, 0.1) is 0 Å². The second-order valence-electron chi connectivity index (χ2n) is 4.81. The van der Waals surface area contributed by atoms with Gasteiger partial charge in [-0.25, -0.2) is 13.2 Å². The van der Waals surface area contributed by atoms with Crippen LogP contribution in [0.3, 0.4) is 0 Å². The number of hydrogen-bond acceptors (Lipinski definition) is 4. The van der Waals surface area contributed by atoms with Gasteiger partial charge >= 0.3 is 6.09 Å². The van der Waals surface area contributed by atoms with Crippen molar-refractivity contribution in [3.63, 3.8) is 0 Å². The van der Waals surface area contributed by atoms with Crippen LogP contribution in [0.1, 0.15) is 27.2 Å². The van der Waals surface area contributed by atoms with Crippen molar-refractivity contribution in [2.45, 2.75) is 38.0 Å². The van der Waals surface area contributed by atoms with E-state index in [9.17, 15) is 13.2 Å². The third-order valence-corrected chi connectivity index (χ3v) is 5.53. The Morgan fingerprint density at radius 3 is 2.38 bits per heavy atom. The average molecular weight is 361 g/mol. The normalized spacial score (nSPS) is 22.2. The summed E-state index contributed by atoms with van der Waals surface area (Å²) in [5.41, 5.74) is -0.543. The summed E-state index contributed by atoms with van der Waals surface area (Å²) in [5.74, 6) is 0. The van der Waals surface area contributed by atoms with Gasteiger partial charge in [-0.05, 0) is 27.2 Å². The fourth-order valence-electron chi connectivity index (χ4n) is 1.45. The standard InChI is InChI=1S/C9H16INO4S/c1-9(2,3)15-8(12)11-5-4-7(6-11)16(10,13)14/h7H,4-6H2,1-3H3. The molecule has 16 heavy (non-hydrogen) atoms. The first-order chi connectivity index (χ1) is 7.09. The molecule has 94 valence electrons. The topological polar surface area (TPSA) is 63.7 Å². The van der Waals surface area contributed by atoms with Crippen molar-refractivity contribution in [3.8, 4) is 0 Å². The summed E-state index contributed by atoms with van der Waals surface area (Å²) < 4.78 is 27.8. The molecule has 1 unspecified atom stereocenters. The summed E-state index contributed by atoms with van der Waals surface area (Å²) in [6.45, 7) is 6.04. The third kappa shape index (κ3) is 4.08. The molecule has 7 heteroatoms. The van der Waals surface area contributed by atoms with Gasteiger partial charge in [0.05, 0.1) is 26.5 Å². The summed E-state index contributed by atoms with van der Waals surface area (Å²) in [6.07, 6.45) is 0.0555. The maximum Gasteiger partial charge on any atom is 0.410 e. The average Bonchev–Trinajstić information content (AvgIpc) is 2.46. The number of nitrogens with zero attached hydrogens (tertiary/aromatic N) is 1. The zero-order chi connectivity index (χ0) is 12.6. The second-order valence-corrected chi connectivity index (χ2v) is 10.1. The lowest BCUT2D eigenvalue weighted by atomic mass is 10.2. The Morgan fingerprint density at radius 2 is 2.00 bits per heavy atom. The van der Waals surface area contributed by atoms with Crippen molar-refractivity contribution in [3.05, 3.63) is 0 Å². The molecule has 1 heterocycles. The van der Waals surface area contributed by atoms with Crippen molar-refractivity contribution in [2.24, 2.45) is 0 Å². The minimum atomic E-state index is -3.09. The summed E-state index contributed by atoms with van der Waals surface area (Å²) in [6, 6.07) is 0. The molecule has 0 aromatic rings. The molecule has 0 spiro atoms. The number of halogens is 1. The highest BCUT2D eigenvalue weighted by molar-refractivity contribution is 14.2. The Morgan fingerprint density at radius 1 is 1.44 bits per heavy atom.